The zero-order valence-electron chi connectivity index (χ0n) is 9.76. The summed E-state index contributed by atoms with van der Waals surface area (Å²) in [5.41, 5.74) is 5.83. The molecule has 0 spiro atoms. The molecule has 0 atom stereocenters. The Hall–Kier alpha value is -0.670. The standard InChI is InChI=1S/C11H8BrClN2O2S3/c12-10-6(13)2-1-3-7(10)15-20(16,17)9-5-4-8(19-9)11(14)18/h1-5,15H,(H2,14,18). The Kier molecular flexibility index (Phi) is 4.70. The van der Waals surface area contributed by atoms with Gasteiger partial charge in [0.25, 0.3) is 10.0 Å². The Labute approximate surface area is 139 Å². The molecule has 0 bridgehead atoms. The molecule has 0 aliphatic carbocycles. The number of thiocarbonyl (C=S) groups is 1. The van der Waals surface area contributed by atoms with Gasteiger partial charge in [0.15, 0.2) is 0 Å². The maximum atomic E-state index is 12.3. The van der Waals surface area contributed by atoms with Crippen LogP contribution in [0.4, 0.5) is 5.69 Å². The van der Waals surface area contributed by atoms with E-state index in [1.54, 1.807) is 24.3 Å². The van der Waals surface area contributed by atoms with Crippen molar-refractivity contribution >= 4 is 71.8 Å². The van der Waals surface area contributed by atoms with Gasteiger partial charge in [-0.15, -0.1) is 11.3 Å². The number of thiophene rings is 1. The Morgan fingerprint density at radius 1 is 1.35 bits per heavy atom. The third kappa shape index (κ3) is 3.32. The normalized spacial score (nSPS) is 11.3. The van der Waals surface area contributed by atoms with Crippen molar-refractivity contribution in [1.29, 1.82) is 0 Å². The largest absolute Gasteiger partial charge is 0.389 e. The molecule has 3 N–H and O–H groups in total. The lowest BCUT2D eigenvalue weighted by atomic mass is 10.3. The van der Waals surface area contributed by atoms with Crippen LogP contribution in [-0.4, -0.2) is 13.4 Å². The van der Waals surface area contributed by atoms with E-state index in [0.717, 1.165) is 11.3 Å². The predicted octanol–water partition coefficient (Wildman–Crippen LogP) is 3.60. The Morgan fingerprint density at radius 2 is 2.05 bits per heavy atom. The highest BCUT2D eigenvalue weighted by atomic mass is 79.9. The minimum atomic E-state index is -3.70. The summed E-state index contributed by atoms with van der Waals surface area (Å²) in [6.45, 7) is 0. The third-order valence-electron chi connectivity index (χ3n) is 2.28. The van der Waals surface area contributed by atoms with E-state index >= 15 is 0 Å². The van der Waals surface area contributed by atoms with E-state index in [9.17, 15) is 8.42 Å². The van der Waals surface area contributed by atoms with E-state index < -0.39 is 10.0 Å². The van der Waals surface area contributed by atoms with Crippen molar-refractivity contribution in [3.8, 4) is 0 Å². The van der Waals surface area contributed by atoms with Gasteiger partial charge in [0.05, 0.1) is 20.1 Å². The second-order valence-corrected chi connectivity index (χ2v) is 8.32. The van der Waals surface area contributed by atoms with Crippen LogP contribution >= 0.6 is 51.1 Å². The molecule has 0 aliphatic rings. The lowest BCUT2D eigenvalue weighted by molar-refractivity contribution is 0.603. The van der Waals surface area contributed by atoms with Crippen molar-refractivity contribution in [3.63, 3.8) is 0 Å². The number of hydrogen-bond acceptors (Lipinski definition) is 4. The molecule has 2 rings (SSSR count). The van der Waals surface area contributed by atoms with E-state index in [4.69, 9.17) is 29.6 Å². The molecule has 1 heterocycles. The molecule has 0 amide bonds. The minimum Gasteiger partial charge on any atom is -0.389 e. The average Bonchev–Trinajstić information content (AvgIpc) is 2.85. The summed E-state index contributed by atoms with van der Waals surface area (Å²) in [5.74, 6) is 0. The molecule has 0 aliphatic heterocycles. The van der Waals surface area contributed by atoms with Crippen LogP contribution in [0.1, 0.15) is 4.88 Å². The fourth-order valence-electron chi connectivity index (χ4n) is 1.37. The number of sulfonamides is 1. The molecule has 0 unspecified atom stereocenters. The Bertz CT molecular complexity index is 774. The number of halogens is 2. The fourth-order valence-corrected chi connectivity index (χ4v) is 4.47. The molecule has 0 radical (unpaired) electrons. The van der Waals surface area contributed by atoms with Crippen LogP contribution in [0.15, 0.2) is 39.0 Å². The van der Waals surface area contributed by atoms with E-state index in [1.165, 1.54) is 6.07 Å². The summed E-state index contributed by atoms with van der Waals surface area (Å²) < 4.78 is 27.6. The number of rotatable bonds is 4. The molecule has 0 saturated carbocycles. The highest BCUT2D eigenvalue weighted by Crippen LogP contribution is 2.32. The van der Waals surface area contributed by atoms with Gasteiger partial charge in [-0.3, -0.25) is 4.72 Å². The maximum Gasteiger partial charge on any atom is 0.271 e. The quantitative estimate of drug-likeness (QED) is 0.754. The first-order valence-corrected chi connectivity index (χ1v) is 9.05. The molecule has 106 valence electrons. The van der Waals surface area contributed by atoms with Gasteiger partial charge in [-0.2, -0.15) is 0 Å². The lowest BCUT2D eigenvalue weighted by Gasteiger charge is -2.09. The summed E-state index contributed by atoms with van der Waals surface area (Å²) in [6, 6.07) is 7.95. The smallest absolute Gasteiger partial charge is 0.271 e. The molecular formula is C11H8BrClN2O2S3. The second-order valence-electron chi connectivity index (χ2n) is 3.69. The molecule has 0 fully saturated rings. The lowest BCUT2D eigenvalue weighted by Crippen LogP contribution is -2.12. The first-order chi connectivity index (χ1) is 9.31. The second kappa shape index (κ2) is 5.98. The van der Waals surface area contributed by atoms with Crippen molar-refractivity contribution in [3.05, 3.63) is 44.7 Å². The van der Waals surface area contributed by atoms with E-state index in [2.05, 4.69) is 20.7 Å². The van der Waals surface area contributed by atoms with Gasteiger partial charge in [-0.1, -0.05) is 29.9 Å². The molecular weight excluding hydrogens is 404 g/mol. The van der Waals surface area contributed by atoms with E-state index in [1.807, 2.05) is 0 Å². The van der Waals surface area contributed by atoms with Crippen molar-refractivity contribution in [2.45, 2.75) is 4.21 Å². The van der Waals surface area contributed by atoms with E-state index in [-0.39, 0.29) is 9.20 Å². The van der Waals surface area contributed by atoms with Gasteiger partial charge in [-0.05, 0) is 40.2 Å². The van der Waals surface area contributed by atoms with Gasteiger partial charge in [0, 0.05) is 0 Å². The highest BCUT2D eigenvalue weighted by Gasteiger charge is 2.19. The molecule has 1 aromatic carbocycles. The third-order valence-corrected chi connectivity index (χ3v) is 7.01. The van der Waals surface area contributed by atoms with Gasteiger partial charge >= 0.3 is 0 Å². The molecule has 9 heteroatoms. The first kappa shape index (κ1) is 15.7. The SMILES string of the molecule is NC(=S)c1ccc(S(=O)(=O)Nc2cccc(Cl)c2Br)s1. The van der Waals surface area contributed by atoms with Gasteiger partial charge in [-0.25, -0.2) is 8.42 Å². The molecule has 4 nitrogen and oxygen atoms in total. The number of nitrogens with one attached hydrogen (secondary N) is 1. The van der Waals surface area contributed by atoms with Crippen LogP contribution in [0.2, 0.25) is 5.02 Å². The van der Waals surface area contributed by atoms with Gasteiger partial charge < -0.3 is 5.73 Å². The molecule has 1 aromatic heterocycles. The zero-order valence-corrected chi connectivity index (χ0v) is 14.6. The van der Waals surface area contributed by atoms with Crippen LogP contribution in [0.25, 0.3) is 0 Å². The zero-order chi connectivity index (χ0) is 14.9. The maximum absolute atomic E-state index is 12.3. The van der Waals surface area contributed by atoms with Crippen LogP contribution < -0.4 is 10.5 Å². The Morgan fingerprint density at radius 3 is 2.65 bits per heavy atom. The van der Waals surface area contributed by atoms with Crippen molar-refractivity contribution in [2.75, 3.05) is 4.72 Å². The Balaban J connectivity index is 2.35. The fraction of sp³-hybridized carbons (Fsp3) is 0. The van der Waals surface area contributed by atoms with Crippen molar-refractivity contribution in [1.82, 2.24) is 0 Å². The van der Waals surface area contributed by atoms with Crippen LogP contribution in [0.5, 0.6) is 0 Å². The monoisotopic (exact) mass is 410 g/mol. The highest BCUT2D eigenvalue weighted by molar-refractivity contribution is 9.10. The summed E-state index contributed by atoms with van der Waals surface area (Å²) >= 11 is 15.0. The number of anilines is 1. The predicted molar refractivity (Wildman–Crippen MR) is 90.2 cm³/mol. The summed E-state index contributed by atoms with van der Waals surface area (Å²) in [7, 11) is -3.70. The molecule has 0 saturated heterocycles. The van der Waals surface area contributed by atoms with Gasteiger partial charge in [0.1, 0.15) is 9.20 Å². The number of nitrogens with two attached hydrogens (primary N) is 1. The number of hydrogen-bond donors (Lipinski definition) is 2. The first-order valence-electron chi connectivity index (χ1n) is 5.18. The molecule has 20 heavy (non-hydrogen) atoms. The van der Waals surface area contributed by atoms with E-state index in [0.29, 0.717) is 20.1 Å². The summed E-state index contributed by atoms with van der Waals surface area (Å²) in [5, 5.41) is 0.417. The average molecular weight is 412 g/mol. The van der Waals surface area contributed by atoms with Crippen LogP contribution in [-0.2, 0) is 10.0 Å². The summed E-state index contributed by atoms with van der Waals surface area (Å²) in [4.78, 5) is 0.714. The molecule has 2 aromatic rings. The van der Waals surface area contributed by atoms with Gasteiger partial charge in [0.2, 0.25) is 0 Å². The minimum absolute atomic E-state index is 0.132. The van der Waals surface area contributed by atoms with Crippen LogP contribution in [0, 0.1) is 0 Å². The number of benzene rings is 1. The van der Waals surface area contributed by atoms with Crippen LogP contribution in [0.3, 0.4) is 0 Å². The van der Waals surface area contributed by atoms with Crippen molar-refractivity contribution < 1.29 is 8.42 Å². The van der Waals surface area contributed by atoms with Crippen molar-refractivity contribution in [2.24, 2.45) is 5.73 Å². The topological polar surface area (TPSA) is 72.2 Å². The summed E-state index contributed by atoms with van der Waals surface area (Å²) in [6.07, 6.45) is 0.